The van der Waals surface area contributed by atoms with E-state index in [1.54, 1.807) is 48.5 Å². The predicted octanol–water partition coefficient (Wildman–Crippen LogP) is 4.96. The molecule has 0 bridgehead atoms. The second-order valence-electron chi connectivity index (χ2n) is 6.05. The molecule has 0 aliphatic carbocycles. The maximum absolute atomic E-state index is 12.2. The number of carbonyl (C=O) groups is 1. The van der Waals surface area contributed by atoms with Gasteiger partial charge in [-0.3, -0.25) is 0 Å². The van der Waals surface area contributed by atoms with Crippen LogP contribution in [0.25, 0.3) is 0 Å². The normalized spacial score (nSPS) is 9.76. The van der Waals surface area contributed by atoms with Crippen molar-refractivity contribution in [2.24, 2.45) is 0 Å². The molecule has 0 unspecified atom stereocenters. The molecule has 0 atom stereocenters. The fourth-order valence-corrected chi connectivity index (χ4v) is 2.37. The highest BCUT2D eigenvalue weighted by molar-refractivity contribution is 5.91. The quantitative estimate of drug-likeness (QED) is 0.0964. The van der Waals surface area contributed by atoms with Gasteiger partial charge in [0.05, 0.1) is 30.4 Å². The van der Waals surface area contributed by atoms with Gasteiger partial charge in [-0.05, 0) is 67.8 Å². The monoisotopic (exact) mass is 393 g/mol. The van der Waals surface area contributed by atoms with E-state index in [0.717, 1.165) is 25.7 Å². The number of rotatable bonds is 12. The molecule has 0 spiro atoms. The van der Waals surface area contributed by atoms with Crippen LogP contribution in [0.15, 0.2) is 67.1 Å². The van der Waals surface area contributed by atoms with Crippen LogP contribution in [0.3, 0.4) is 0 Å². The van der Waals surface area contributed by atoms with Crippen molar-refractivity contribution in [2.45, 2.75) is 25.7 Å². The zero-order valence-electron chi connectivity index (χ0n) is 16.1. The van der Waals surface area contributed by atoms with Gasteiger partial charge >= 0.3 is 5.97 Å². The second kappa shape index (κ2) is 12.8. The number of benzene rings is 2. The minimum Gasteiger partial charge on any atom is -0.494 e. The minimum atomic E-state index is -0.462. The van der Waals surface area contributed by atoms with Crippen LogP contribution < -0.4 is 9.47 Å². The number of unbranched alkanes of at least 4 members (excludes halogenated alkanes) is 3. The van der Waals surface area contributed by atoms with Gasteiger partial charge in [0.15, 0.2) is 6.26 Å². The molecule has 2 aromatic carbocycles. The van der Waals surface area contributed by atoms with E-state index in [2.05, 4.69) is 17.2 Å². The fraction of sp³-hybridized carbons (Fsp3) is 0.261. The van der Waals surface area contributed by atoms with Gasteiger partial charge in [0.25, 0.3) is 0 Å². The van der Waals surface area contributed by atoms with Crippen molar-refractivity contribution in [1.82, 2.24) is 0 Å². The number of carbonyl (C=O) groups excluding carboxylic acids is 1. The van der Waals surface area contributed by atoms with Gasteiger partial charge in [0, 0.05) is 0 Å². The molecule has 0 fully saturated rings. The molecule has 2 rings (SSSR count). The fourth-order valence-electron chi connectivity index (χ4n) is 2.37. The Labute approximate surface area is 170 Å². The van der Waals surface area contributed by atoms with Gasteiger partial charge in [-0.25, -0.2) is 4.79 Å². The third-order valence-corrected chi connectivity index (χ3v) is 3.87. The lowest BCUT2D eigenvalue weighted by atomic mass is 10.2. The summed E-state index contributed by atoms with van der Waals surface area (Å²) in [4.78, 5) is 21.7. The number of esters is 1. The van der Waals surface area contributed by atoms with Crippen LogP contribution in [-0.4, -0.2) is 19.2 Å². The molecule has 6 nitrogen and oxygen atoms in total. The molecule has 6 heteroatoms. The molecule has 0 amide bonds. The molecule has 0 aliphatic rings. The molecule has 2 aromatic rings. The SMILES string of the molecule is C=C=COOCCCCCCOc1ccc(C(=O)Oc2ccc(C#N)cc2)cc1. The van der Waals surface area contributed by atoms with Crippen LogP contribution in [0.2, 0.25) is 0 Å². The molecule has 0 radical (unpaired) electrons. The summed E-state index contributed by atoms with van der Waals surface area (Å²) in [5.74, 6) is 0.632. The number of nitriles is 1. The molecule has 0 heterocycles. The molecular weight excluding hydrogens is 370 g/mol. The van der Waals surface area contributed by atoms with E-state index in [1.807, 2.05) is 6.07 Å². The maximum atomic E-state index is 12.2. The Bertz CT molecular complexity index is 846. The first-order chi connectivity index (χ1) is 14.2. The lowest BCUT2D eigenvalue weighted by Gasteiger charge is -2.08. The van der Waals surface area contributed by atoms with Gasteiger partial charge < -0.3 is 14.4 Å². The Balaban J connectivity index is 1.64. The highest BCUT2D eigenvalue weighted by Crippen LogP contribution is 2.17. The summed E-state index contributed by atoms with van der Waals surface area (Å²) in [6.07, 6.45) is 5.14. The molecule has 0 aliphatic heterocycles. The molecule has 0 N–H and O–H groups in total. The number of hydrogen-bond donors (Lipinski definition) is 0. The Morgan fingerprint density at radius 2 is 1.59 bits per heavy atom. The first kappa shape index (κ1) is 21.8. The Morgan fingerprint density at radius 1 is 0.931 bits per heavy atom. The topological polar surface area (TPSA) is 77.8 Å². The number of nitrogens with zero attached hydrogens (tertiary/aromatic N) is 1. The van der Waals surface area contributed by atoms with Gasteiger partial charge in [-0.2, -0.15) is 10.1 Å². The summed E-state index contributed by atoms with van der Waals surface area (Å²) in [7, 11) is 0. The first-order valence-corrected chi connectivity index (χ1v) is 9.30. The van der Waals surface area contributed by atoms with Crippen LogP contribution >= 0.6 is 0 Å². The molecule has 29 heavy (non-hydrogen) atoms. The average molecular weight is 393 g/mol. The first-order valence-electron chi connectivity index (χ1n) is 9.30. The van der Waals surface area contributed by atoms with Crippen LogP contribution in [0.5, 0.6) is 11.5 Å². The zero-order valence-corrected chi connectivity index (χ0v) is 16.1. The van der Waals surface area contributed by atoms with E-state index in [1.165, 1.54) is 6.26 Å². The molecule has 0 aromatic heterocycles. The van der Waals surface area contributed by atoms with Crippen molar-refractivity contribution in [3.63, 3.8) is 0 Å². The van der Waals surface area contributed by atoms with Crippen LogP contribution in [-0.2, 0) is 9.78 Å². The van der Waals surface area contributed by atoms with Crippen molar-refractivity contribution in [3.05, 3.63) is 78.2 Å². The second-order valence-corrected chi connectivity index (χ2v) is 6.05. The van der Waals surface area contributed by atoms with Gasteiger partial charge in [0.2, 0.25) is 0 Å². The standard InChI is InChI=1S/C23H23NO5/c1-2-15-27-28-17-6-4-3-5-16-26-21-13-9-20(10-14-21)23(25)29-22-11-7-19(18-24)8-12-22/h7-15H,1,3-6,16-17H2. The highest BCUT2D eigenvalue weighted by Gasteiger charge is 2.09. The lowest BCUT2D eigenvalue weighted by Crippen LogP contribution is -2.08. The molecule has 0 saturated carbocycles. The third kappa shape index (κ3) is 8.35. The Hall–Kier alpha value is -3.52. The maximum Gasteiger partial charge on any atom is 0.343 e. The lowest BCUT2D eigenvalue weighted by molar-refractivity contribution is -0.248. The van der Waals surface area contributed by atoms with Crippen molar-refractivity contribution in [2.75, 3.05) is 13.2 Å². The molecule has 0 saturated heterocycles. The van der Waals surface area contributed by atoms with E-state index < -0.39 is 5.97 Å². The zero-order chi connectivity index (χ0) is 20.7. The van der Waals surface area contributed by atoms with Gasteiger partial charge in [-0.1, -0.05) is 18.7 Å². The van der Waals surface area contributed by atoms with E-state index in [9.17, 15) is 4.79 Å². The molecule has 150 valence electrons. The summed E-state index contributed by atoms with van der Waals surface area (Å²) in [6.45, 7) is 4.49. The van der Waals surface area contributed by atoms with Crippen molar-refractivity contribution in [1.29, 1.82) is 5.26 Å². The van der Waals surface area contributed by atoms with Crippen molar-refractivity contribution < 1.29 is 24.0 Å². The largest absolute Gasteiger partial charge is 0.494 e. The van der Waals surface area contributed by atoms with E-state index >= 15 is 0 Å². The van der Waals surface area contributed by atoms with Crippen molar-refractivity contribution in [3.8, 4) is 17.6 Å². The number of ether oxygens (including phenoxy) is 2. The van der Waals surface area contributed by atoms with E-state index in [-0.39, 0.29) is 0 Å². The third-order valence-electron chi connectivity index (χ3n) is 3.87. The summed E-state index contributed by atoms with van der Waals surface area (Å²) in [5, 5.41) is 8.78. The highest BCUT2D eigenvalue weighted by atomic mass is 17.2. The van der Waals surface area contributed by atoms with Crippen LogP contribution in [0.1, 0.15) is 41.6 Å². The van der Waals surface area contributed by atoms with Gasteiger partial charge in [-0.15, -0.1) is 0 Å². The van der Waals surface area contributed by atoms with Gasteiger partial charge in [0.1, 0.15) is 11.5 Å². The summed E-state index contributed by atoms with van der Waals surface area (Å²) in [5.41, 5.74) is 3.39. The summed E-state index contributed by atoms with van der Waals surface area (Å²) >= 11 is 0. The predicted molar refractivity (Wildman–Crippen MR) is 107 cm³/mol. The smallest absolute Gasteiger partial charge is 0.343 e. The Kier molecular flexibility index (Phi) is 9.61. The van der Waals surface area contributed by atoms with Crippen molar-refractivity contribution >= 4 is 5.97 Å². The van der Waals surface area contributed by atoms with E-state index in [4.69, 9.17) is 19.6 Å². The minimum absolute atomic E-state index is 0.392. The van der Waals surface area contributed by atoms with Crippen LogP contribution in [0.4, 0.5) is 0 Å². The summed E-state index contributed by atoms with van der Waals surface area (Å²) in [6, 6.07) is 15.2. The van der Waals surface area contributed by atoms with Crippen LogP contribution in [0, 0.1) is 11.3 Å². The Morgan fingerprint density at radius 3 is 2.24 bits per heavy atom. The molecular formula is C23H23NO5. The average Bonchev–Trinajstić information content (AvgIpc) is 2.76. The summed E-state index contributed by atoms with van der Waals surface area (Å²) < 4.78 is 11.0. The number of hydrogen-bond acceptors (Lipinski definition) is 6. The van der Waals surface area contributed by atoms with E-state index in [0.29, 0.717) is 35.8 Å².